The molecule has 0 amide bonds. The fourth-order valence-corrected chi connectivity index (χ4v) is 2.43. The molecule has 0 unspecified atom stereocenters. The van der Waals surface area contributed by atoms with E-state index in [0.717, 1.165) is 6.42 Å². The molecule has 23 heavy (non-hydrogen) atoms. The zero-order chi connectivity index (χ0) is 17.9. The van der Waals surface area contributed by atoms with Crippen LogP contribution in [0.15, 0.2) is 24.0 Å². The molecule has 0 bridgehead atoms. The smallest absolute Gasteiger partial charge is 0.337 e. The van der Waals surface area contributed by atoms with Gasteiger partial charge in [-0.2, -0.15) is 0 Å². The van der Waals surface area contributed by atoms with E-state index in [9.17, 15) is 4.79 Å². The summed E-state index contributed by atoms with van der Waals surface area (Å²) in [6.45, 7) is 15.3. The van der Waals surface area contributed by atoms with Crippen LogP contribution in [0.25, 0.3) is 0 Å². The third kappa shape index (κ3) is 8.99. The molecule has 0 aromatic carbocycles. The molecule has 0 aliphatic rings. The van der Waals surface area contributed by atoms with Gasteiger partial charge in [0.15, 0.2) is 0 Å². The Balaban J connectivity index is 4.81. The number of carbonyl (C=O) groups is 1. The van der Waals surface area contributed by atoms with Gasteiger partial charge in [-0.05, 0) is 37.9 Å². The molecule has 0 rings (SSSR count). The van der Waals surface area contributed by atoms with Crippen LogP contribution in [0.5, 0.6) is 0 Å². The normalized spacial score (nSPS) is 13.4. The quantitative estimate of drug-likeness (QED) is 0.122. The minimum absolute atomic E-state index is 0.110. The minimum atomic E-state index is -1.91. The average molecular weight is 341 g/mol. The lowest BCUT2D eigenvalue weighted by Crippen LogP contribution is -2.39. The number of hydrogen-bond acceptors (Lipinski definition) is 3. The van der Waals surface area contributed by atoms with Crippen molar-refractivity contribution in [3.8, 4) is 0 Å². The molecule has 0 aliphatic heterocycles. The molecule has 0 radical (unpaired) electrons. The largest absolute Gasteiger partial charge is 0.548 e. The van der Waals surface area contributed by atoms with Crippen molar-refractivity contribution in [1.29, 1.82) is 0 Å². The number of carbonyl (C=O) groups excluding carboxylic acids is 1. The number of rotatable bonds is 10. The van der Waals surface area contributed by atoms with Crippen LogP contribution in [0.4, 0.5) is 0 Å². The number of hydrogen-bond donors (Lipinski definition) is 0. The van der Waals surface area contributed by atoms with Gasteiger partial charge in [0.1, 0.15) is 0 Å². The molecule has 0 aliphatic carbocycles. The van der Waals surface area contributed by atoms with Gasteiger partial charge in [-0.15, -0.1) is 0 Å². The molecule has 3 nitrogen and oxygen atoms in total. The zero-order valence-corrected chi connectivity index (χ0v) is 17.2. The van der Waals surface area contributed by atoms with Crippen molar-refractivity contribution >= 4 is 14.3 Å². The highest BCUT2D eigenvalue weighted by atomic mass is 28.4. The van der Waals surface area contributed by atoms with E-state index in [-0.39, 0.29) is 11.0 Å². The lowest BCUT2D eigenvalue weighted by molar-refractivity contribution is -0.138. The summed E-state index contributed by atoms with van der Waals surface area (Å²) in [5, 5.41) is 0.110. The Labute approximate surface area is 144 Å². The molecule has 0 saturated heterocycles. The second-order valence-electron chi connectivity index (χ2n) is 7.41. The van der Waals surface area contributed by atoms with Gasteiger partial charge in [-0.25, -0.2) is 4.79 Å². The zero-order valence-electron chi connectivity index (χ0n) is 16.2. The monoisotopic (exact) mass is 340 g/mol. The van der Waals surface area contributed by atoms with Crippen LogP contribution < -0.4 is 0 Å². The predicted octanol–water partition coefficient (Wildman–Crippen LogP) is 5.98. The Kier molecular flexibility index (Phi) is 10.2. The second kappa shape index (κ2) is 10.7. The molecule has 0 aromatic rings. The van der Waals surface area contributed by atoms with E-state index in [0.29, 0.717) is 18.6 Å². The van der Waals surface area contributed by atoms with Crippen molar-refractivity contribution in [2.75, 3.05) is 6.61 Å². The standard InChI is InChI=1S/C19H36O3Si/c1-8-10-11-12-13-14-15-17(18(20)21-9-2)16-22-23(6,7)19(3,4)5/h13-14,16H,8-12,15H2,1-7H3/b14-13+,17-16-. The Morgan fingerprint density at radius 1 is 1.09 bits per heavy atom. The van der Waals surface area contributed by atoms with E-state index in [1.54, 1.807) is 6.26 Å². The summed E-state index contributed by atoms with van der Waals surface area (Å²) in [7, 11) is -1.91. The Hall–Kier alpha value is -1.03. The van der Waals surface area contributed by atoms with Gasteiger partial charge in [-0.3, -0.25) is 0 Å². The van der Waals surface area contributed by atoms with E-state index in [1.807, 2.05) is 13.0 Å². The molecule has 4 heteroatoms. The number of ether oxygens (including phenoxy) is 1. The highest BCUT2D eigenvalue weighted by Gasteiger charge is 2.38. The third-order valence-corrected chi connectivity index (χ3v) is 8.64. The summed E-state index contributed by atoms with van der Waals surface area (Å²) in [6, 6.07) is 0. The first-order chi connectivity index (χ1) is 10.7. The minimum Gasteiger partial charge on any atom is -0.548 e. The van der Waals surface area contributed by atoms with Crippen molar-refractivity contribution in [3.63, 3.8) is 0 Å². The molecular formula is C19H36O3Si. The Morgan fingerprint density at radius 2 is 1.74 bits per heavy atom. The van der Waals surface area contributed by atoms with E-state index in [4.69, 9.17) is 9.16 Å². The highest BCUT2D eigenvalue weighted by molar-refractivity contribution is 6.74. The summed E-state index contributed by atoms with van der Waals surface area (Å²) in [4.78, 5) is 12.1. The van der Waals surface area contributed by atoms with E-state index < -0.39 is 8.32 Å². The molecule has 0 heterocycles. The first-order valence-electron chi connectivity index (χ1n) is 8.84. The van der Waals surface area contributed by atoms with Gasteiger partial charge in [0.05, 0.1) is 18.4 Å². The van der Waals surface area contributed by atoms with Gasteiger partial charge in [0.25, 0.3) is 0 Å². The third-order valence-electron chi connectivity index (χ3n) is 4.32. The number of unbranched alkanes of at least 4 members (excludes halogenated alkanes) is 3. The number of allylic oxidation sites excluding steroid dienone is 2. The first kappa shape index (κ1) is 22.0. The second-order valence-corrected chi connectivity index (χ2v) is 12.2. The molecule has 0 N–H and O–H groups in total. The molecule has 0 saturated carbocycles. The van der Waals surface area contributed by atoms with Crippen molar-refractivity contribution in [3.05, 3.63) is 24.0 Å². The van der Waals surface area contributed by atoms with Gasteiger partial charge in [0.2, 0.25) is 8.32 Å². The van der Waals surface area contributed by atoms with Crippen LogP contribution >= 0.6 is 0 Å². The fraction of sp³-hybridized carbons (Fsp3) is 0.737. The lowest BCUT2D eigenvalue weighted by atomic mass is 10.1. The summed E-state index contributed by atoms with van der Waals surface area (Å²) in [5.74, 6) is -0.274. The Morgan fingerprint density at radius 3 is 2.26 bits per heavy atom. The van der Waals surface area contributed by atoms with Gasteiger partial charge in [-0.1, -0.05) is 52.7 Å². The maximum Gasteiger partial charge on any atom is 0.337 e. The van der Waals surface area contributed by atoms with Gasteiger partial charge >= 0.3 is 5.97 Å². The van der Waals surface area contributed by atoms with Gasteiger partial charge < -0.3 is 9.16 Å². The SMILES string of the molecule is CCCCC/C=C/C/C(=C/O[Si](C)(C)C(C)(C)C)C(=O)OCC. The van der Waals surface area contributed by atoms with Crippen molar-refractivity contribution in [1.82, 2.24) is 0 Å². The van der Waals surface area contributed by atoms with Crippen LogP contribution in [0.2, 0.25) is 18.1 Å². The summed E-state index contributed by atoms with van der Waals surface area (Å²) in [6.07, 6.45) is 11.1. The maximum atomic E-state index is 12.1. The van der Waals surface area contributed by atoms with Crippen LogP contribution in [-0.2, 0) is 14.0 Å². The van der Waals surface area contributed by atoms with Crippen LogP contribution in [0.3, 0.4) is 0 Å². The summed E-state index contributed by atoms with van der Waals surface area (Å²) < 4.78 is 11.2. The number of esters is 1. The van der Waals surface area contributed by atoms with Crippen LogP contribution in [0.1, 0.15) is 66.7 Å². The van der Waals surface area contributed by atoms with Crippen molar-refractivity contribution in [2.45, 2.75) is 84.9 Å². The Bertz CT molecular complexity index is 403. The highest BCUT2D eigenvalue weighted by Crippen LogP contribution is 2.36. The van der Waals surface area contributed by atoms with E-state index in [1.165, 1.54) is 19.3 Å². The maximum absolute atomic E-state index is 12.1. The molecular weight excluding hydrogens is 304 g/mol. The van der Waals surface area contributed by atoms with E-state index in [2.05, 4.69) is 46.9 Å². The van der Waals surface area contributed by atoms with Crippen LogP contribution in [0, 0.1) is 0 Å². The summed E-state index contributed by atoms with van der Waals surface area (Å²) in [5.41, 5.74) is 0.600. The topological polar surface area (TPSA) is 35.5 Å². The molecule has 0 spiro atoms. The van der Waals surface area contributed by atoms with Crippen molar-refractivity contribution < 1.29 is 14.0 Å². The molecule has 0 aromatic heterocycles. The molecule has 134 valence electrons. The fourth-order valence-electron chi connectivity index (χ4n) is 1.64. The average Bonchev–Trinajstić information content (AvgIpc) is 2.44. The lowest BCUT2D eigenvalue weighted by Gasteiger charge is -2.35. The molecule has 0 atom stereocenters. The first-order valence-corrected chi connectivity index (χ1v) is 11.8. The van der Waals surface area contributed by atoms with Crippen LogP contribution in [-0.4, -0.2) is 20.9 Å². The van der Waals surface area contributed by atoms with Crippen molar-refractivity contribution in [2.24, 2.45) is 0 Å². The predicted molar refractivity (Wildman–Crippen MR) is 101 cm³/mol. The van der Waals surface area contributed by atoms with Gasteiger partial charge in [0, 0.05) is 6.42 Å². The molecule has 0 fully saturated rings. The summed E-state index contributed by atoms with van der Waals surface area (Å²) >= 11 is 0. The van der Waals surface area contributed by atoms with E-state index >= 15 is 0 Å².